The highest BCUT2D eigenvalue weighted by Crippen LogP contribution is 2.33. The first kappa shape index (κ1) is 20.3. The second-order valence-corrected chi connectivity index (χ2v) is 7.21. The maximum atomic E-state index is 12.3. The van der Waals surface area contributed by atoms with E-state index >= 15 is 0 Å². The Bertz CT molecular complexity index is 1310. The monoisotopic (exact) mass is 419 g/mol. The fraction of sp³-hybridized carbons (Fsp3) is 0.227. The summed E-state index contributed by atoms with van der Waals surface area (Å²) >= 11 is 0. The zero-order chi connectivity index (χ0) is 22.0. The van der Waals surface area contributed by atoms with Gasteiger partial charge in [-0.2, -0.15) is 0 Å². The Kier molecular flexibility index (Phi) is 5.48. The molecular formula is C22H21N5O4. The van der Waals surface area contributed by atoms with Crippen LogP contribution in [0.2, 0.25) is 0 Å². The van der Waals surface area contributed by atoms with Crippen molar-refractivity contribution in [3.8, 4) is 28.3 Å². The van der Waals surface area contributed by atoms with Crippen molar-refractivity contribution in [1.82, 2.24) is 25.4 Å². The fourth-order valence-corrected chi connectivity index (χ4v) is 3.38. The van der Waals surface area contributed by atoms with Gasteiger partial charge >= 0.3 is 5.97 Å². The number of carboxylic acid groups (broad SMARTS) is 1. The molecule has 4 rings (SSSR count). The van der Waals surface area contributed by atoms with Crippen LogP contribution in [0.15, 0.2) is 47.3 Å². The lowest BCUT2D eigenvalue weighted by Crippen LogP contribution is -2.12. The molecule has 0 amide bonds. The van der Waals surface area contributed by atoms with E-state index in [2.05, 4.69) is 25.4 Å². The van der Waals surface area contributed by atoms with Crippen molar-refractivity contribution in [2.75, 3.05) is 6.61 Å². The van der Waals surface area contributed by atoms with Crippen molar-refractivity contribution in [2.24, 2.45) is 5.92 Å². The third-order valence-electron chi connectivity index (χ3n) is 4.96. The van der Waals surface area contributed by atoms with Gasteiger partial charge < -0.3 is 14.8 Å². The number of fused-ring (bicyclic) bond motifs is 1. The molecule has 31 heavy (non-hydrogen) atoms. The fourth-order valence-electron chi connectivity index (χ4n) is 3.38. The Hall–Kier alpha value is -4.01. The second-order valence-electron chi connectivity index (χ2n) is 7.21. The van der Waals surface area contributed by atoms with Crippen molar-refractivity contribution in [2.45, 2.75) is 20.3 Å². The smallest absolute Gasteiger partial charge is 0.306 e. The van der Waals surface area contributed by atoms with Crippen LogP contribution in [0.3, 0.4) is 0 Å². The first-order valence-electron chi connectivity index (χ1n) is 9.86. The molecule has 2 heterocycles. The van der Waals surface area contributed by atoms with Gasteiger partial charge in [-0.1, -0.05) is 42.5 Å². The minimum absolute atomic E-state index is 0.144. The van der Waals surface area contributed by atoms with Crippen LogP contribution < -0.4 is 10.3 Å². The molecule has 2 aromatic carbocycles. The number of hydrogen-bond acceptors (Lipinski definition) is 6. The molecule has 3 N–H and O–H groups in total. The Balaban J connectivity index is 1.74. The van der Waals surface area contributed by atoms with E-state index in [0.29, 0.717) is 35.8 Å². The molecule has 9 nitrogen and oxygen atoms in total. The van der Waals surface area contributed by atoms with Crippen molar-refractivity contribution >= 4 is 17.1 Å². The molecule has 2 aromatic heterocycles. The molecule has 0 aliphatic carbocycles. The molecule has 0 aliphatic heterocycles. The van der Waals surface area contributed by atoms with Crippen LogP contribution in [0.25, 0.3) is 33.7 Å². The second kappa shape index (κ2) is 8.39. The Morgan fingerprint density at radius 1 is 1.19 bits per heavy atom. The van der Waals surface area contributed by atoms with E-state index in [1.165, 1.54) is 0 Å². The number of aromatic amines is 2. The van der Waals surface area contributed by atoms with Crippen LogP contribution in [0.5, 0.6) is 5.75 Å². The highest BCUT2D eigenvalue weighted by molar-refractivity contribution is 5.77. The summed E-state index contributed by atoms with van der Waals surface area (Å²) in [5, 5.41) is 19.1. The number of rotatable bonds is 7. The normalized spacial score (nSPS) is 12.1. The number of carbonyl (C=O) groups is 1. The number of nitrogens with zero attached hydrogens (tertiary/aromatic N) is 3. The average Bonchev–Trinajstić information content (AvgIpc) is 3.23. The molecule has 0 spiro atoms. The van der Waals surface area contributed by atoms with E-state index in [1.54, 1.807) is 6.92 Å². The summed E-state index contributed by atoms with van der Waals surface area (Å²) in [6.45, 7) is 4.00. The van der Waals surface area contributed by atoms with E-state index in [-0.39, 0.29) is 11.1 Å². The minimum atomic E-state index is -0.820. The Labute approximate surface area is 177 Å². The SMILES string of the molecule is CCOc1cc(-c2cccc(C[C@H](C)C(=O)O)c2)ccc1-c1nc2[nH]nnc2c(=O)[nH]1. The summed E-state index contributed by atoms with van der Waals surface area (Å²) in [6, 6.07) is 13.4. The van der Waals surface area contributed by atoms with Crippen LogP contribution in [0.4, 0.5) is 0 Å². The maximum absolute atomic E-state index is 12.3. The number of nitrogens with one attached hydrogen (secondary N) is 2. The van der Waals surface area contributed by atoms with Gasteiger partial charge in [-0.3, -0.25) is 9.59 Å². The molecule has 0 saturated carbocycles. The van der Waals surface area contributed by atoms with Crippen LogP contribution in [0.1, 0.15) is 19.4 Å². The topological polar surface area (TPSA) is 134 Å². The Morgan fingerprint density at radius 2 is 2.00 bits per heavy atom. The lowest BCUT2D eigenvalue weighted by molar-refractivity contribution is -0.141. The van der Waals surface area contributed by atoms with E-state index in [4.69, 9.17) is 4.74 Å². The summed E-state index contributed by atoms with van der Waals surface area (Å²) in [7, 11) is 0. The van der Waals surface area contributed by atoms with Crippen LogP contribution in [0, 0.1) is 5.92 Å². The molecule has 0 bridgehead atoms. The number of hydrogen-bond donors (Lipinski definition) is 3. The predicted octanol–water partition coefficient (Wildman–Crippen LogP) is 3.04. The third kappa shape index (κ3) is 4.16. The van der Waals surface area contributed by atoms with E-state index in [0.717, 1.165) is 16.7 Å². The van der Waals surface area contributed by atoms with E-state index in [1.807, 2.05) is 49.4 Å². The highest BCUT2D eigenvalue weighted by Gasteiger charge is 2.15. The minimum Gasteiger partial charge on any atom is -0.493 e. The summed E-state index contributed by atoms with van der Waals surface area (Å²) in [5.41, 5.74) is 3.48. The summed E-state index contributed by atoms with van der Waals surface area (Å²) in [5.74, 6) is -0.368. The van der Waals surface area contributed by atoms with Gasteiger partial charge in [0.05, 0.1) is 18.1 Å². The summed E-state index contributed by atoms with van der Waals surface area (Å²) in [4.78, 5) is 30.6. The molecule has 0 fully saturated rings. The van der Waals surface area contributed by atoms with Gasteiger partial charge in [-0.05, 0) is 42.2 Å². The van der Waals surface area contributed by atoms with Gasteiger partial charge in [0.1, 0.15) is 11.6 Å². The van der Waals surface area contributed by atoms with Gasteiger partial charge in [0, 0.05) is 0 Å². The van der Waals surface area contributed by atoms with Gasteiger partial charge in [0.15, 0.2) is 11.2 Å². The van der Waals surface area contributed by atoms with Crippen molar-refractivity contribution in [3.63, 3.8) is 0 Å². The predicted molar refractivity (Wildman–Crippen MR) is 115 cm³/mol. The van der Waals surface area contributed by atoms with Crippen LogP contribution >= 0.6 is 0 Å². The zero-order valence-electron chi connectivity index (χ0n) is 17.0. The molecule has 4 aromatic rings. The molecule has 0 unspecified atom stereocenters. The number of aromatic nitrogens is 5. The molecule has 0 saturated heterocycles. The van der Waals surface area contributed by atoms with Gasteiger partial charge in [-0.15, -0.1) is 5.10 Å². The standard InChI is InChI=1S/C22H21N5O4/c1-3-31-17-11-15(14-6-4-5-13(10-14)9-12(2)22(29)30)7-8-16(17)19-23-20-18(21(28)24-19)25-27-26-20/h4-8,10-12H,3,9H2,1-2H3,(H,29,30)(H2,23,24,25,26,27,28)/t12-/m0/s1. The maximum Gasteiger partial charge on any atom is 0.306 e. The molecule has 0 aliphatic rings. The Morgan fingerprint density at radius 3 is 2.77 bits per heavy atom. The average molecular weight is 419 g/mol. The number of carboxylic acids is 1. The van der Waals surface area contributed by atoms with E-state index < -0.39 is 11.9 Å². The van der Waals surface area contributed by atoms with Gasteiger partial charge in [0.2, 0.25) is 0 Å². The first-order valence-corrected chi connectivity index (χ1v) is 9.86. The molecule has 1 atom stereocenters. The lowest BCUT2D eigenvalue weighted by atomic mass is 9.96. The van der Waals surface area contributed by atoms with Gasteiger partial charge in [0.25, 0.3) is 5.56 Å². The highest BCUT2D eigenvalue weighted by atomic mass is 16.5. The number of benzene rings is 2. The van der Waals surface area contributed by atoms with E-state index in [9.17, 15) is 14.7 Å². The first-order chi connectivity index (χ1) is 15.0. The molecule has 9 heteroatoms. The summed E-state index contributed by atoms with van der Waals surface area (Å²) in [6.07, 6.45) is 0.447. The third-order valence-corrected chi connectivity index (χ3v) is 4.96. The quantitative estimate of drug-likeness (QED) is 0.419. The zero-order valence-corrected chi connectivity index (χ0v) is 17.0. The lowest BCUT2D eigenvalue weighted by Gasteiger charge is -2.13. The number of H-pyrrole nitrogens is 2. The van der Waals surface area contributed by atoms with Gasteiger partial charge in [-0.25, -0.2) is 10.1 Å². The van der Waals surface area contributed by atoms with Crippen molar-refractivity contribution in [1.29, 1.82) is 0 Å². The number of ether oxygens (including phenoxy) is 1. The molecule has 158 valence electrons. The summed E-state index contributed by atoms with van der Waals surface area (Å²) < 4.78 is 5.83. The van der Waals surface area contributed by atoms with Crippen molar-refractivity contribution in [3.05, 3.63) is 58.4 Å². The largest absolute Gasteiger partial charge is 0.493 e. The van der Waals surface area contributed by atoms with Crippen molar-refractivity contribution < 1.29 is 14.6 Å². The number of aliphatic carboxylic acids is 1. The molecule has 0 radical (unpaired) electrons. The molecular weight excluding hydrogens is 398 g/mol. The van der Waals surface area contributed by atoms with Crippen LogP contribution in [-0.2, 0) is 11.2 Å². The van der Waals surface area contributed by atoms with Crippen LogP contribution in [-0.4, -0.2) is 43.1 Å².